The molecule has 2 rings (SSSR count). The molecule has 4 nitrogen and oxygen atoms in total. The van der Waals surface area contributed by atoms with E-state index in [4.69, 9.17) is 4.74 Å². The Morgan fingerprint density at radius 3 is 2.24 bits per heavy atom. The fraction of sp³-hybridized carbons (Fsp3) is 0.333. The van der Waals surface area contributed by atoms with Crippen LogP contribution in [0.1, 0.15) is 37.5 Å². The highest BCUT2D eigenvalue weighted by atomic mass is 16.5. The minimum atomic E-state index is -0.0284. The van der Waals surface area contributed by atoms with E-state index in [0.717, 1.165) is 34.4 Å². The van der Waals surface area contributed by atoms with Gasteiger partial charge in [0.1, 0.15) is 12.0 Å². The van der Waals surface area contributed by atoms with Crippen LogP contribution in [0.4, 0.5) is 5.69 Å². The van der Waals surface area contributed by atoms with Gasteiger partial charge in [0.15, 0.2) is 0 Å². The van der Waals surface area contributed by atoms with Crippen molar-refractivity contribution in [1.29, 1.82) is 0 Å². The first-order valence-corrected chi connectivity index (χ1v) is 8.38. The summed E-state index contributed by atoms with van der Waals surface area (Å²) in [6.45, 7) is 9.45. The van der Waals surface area contributed by atoms with Gasteiger partial charge in [-0.15, -0.1) is 0 Å². The zero-order valence-corrected chi connectivity index (χ0v) is 16.1. The minimum absolute atomic E-state index is 0.0284. The first-order chi connectivity index (χ1) is 12.0. The standard InChI is InChI=1S/C10H12O2.C9H11NO.C2H6/c1-8-3-4-9(5-6-11)7-10(8)12-2;1-7-5-3-4-6-9(7)10-8(2)11;1-2/h3-4,6-7H,5H2,1-2H3;3-6H,1-2H3,(H,10,11);1-2H3. The number of rotatable bonds is 4. The van der Waals surface area contributed by atoms with Crippen LogP contribution in [0.3, 0.4) is 0 Å². The van der Waals surface area contributed by atoms with Crippen molar-refractivity contribution in [3.05, 3.63) is 59.2 Å². The maximum absolute atomic E-state index is 10.7. The lowest BCUT2D eigenvalue weighted by molar-refractivity contribution is -0.114. The lowest BCUT2D eigenvalue weighted by Crippen LogP contribution is -2.06. The van der Waals surface area contributed by atoms with Crippen LogP contribution < -0.4 is 10.1 Å². The summed E-state index contributed by atoms with van der Waals surface area (Å²) in [4.78, 5) is 20.9. The number of benzene rings is 2. The van der Waals surface area contributed by atoms with Crippen LogP contribution in [0.15, 0.2) is 42.5 Å². The number of hydrogen-bond donors (Lipinski definition) is 1. The lowest BCUT2D eigenvalue weighted by atomic mass is 10.1. The van der Waals surface area contributed by atoms with E-state index in [0.29, 0.717) is 6.42 Å². The molecule has 0 aromatic heterocycles. The molecule has 2 aromatic rings. The van der Waals surface area contributed by atoms with E-state index in [2.05, 4.69) is 5.32 Å². The maximum Gasteiger partial charge on any atom is 0.221 e. The normalized spacial score (nSPS) is 8.88. The van der Waals surface area contributed by atoms with E-state index in [-0.39, 0.29) is 5.91 Å². The summed E-state index contributed by atoms with van der Waals surface area (Å²) in [5.74, 6) is 0.814. The summed E-state index contributed by atoms with van der Waals surface area (Å²) >= 11 is 0. The van der Waals surface area contributed by atoms with Crippen LogP contribution in [0.25, 0.3) is 0 Å². The van der Waals surface area contributed by atoms with Crippen molar-refractivity contribution < 1.29 is 14.3 Å². The Labute approximate surface area is 151 Å². The van der Waals surface area contributed by atoms with Gasteiger partial charge in [0, 0.05) is 19.0 Å². The van der Waals surface area contributed by atoms with Gasteiger partial charge in [-0.1, -0.05) is 44.2 Å². The van der Waals surface area contributed by atoms with Crippen LogP contribution in [-0.2, 0) is 16.0 Å². The summed E-state index contributed by atoms with van der Waals surface area (Å²) < 4.78 is 5.12. The van der Waals surface area contributed by atoms with E-state index in [1.54, 1.807) is 7.11 Å². The summed E-state index contributed by atoms with van der Waals surface area (Å²) in [7, 11) is 1.63. The molecule has 0 aliphatic rings. The maximum atomic E-state index is 10.7. The number of para-hydroxylation sites is 1. The average Bonchev–Trinajstić information content (AvgIpc) is 2.61. The zero-order valence-electron chi connectivity index (χ0n) is 16.1. The third-order valence-corrected chi connectivity index (χ3v) is 3.25. The minimum Gasteiger partial charge on any atom is -0.496 e. The van der Waals surface area contributed by atoms with E-state index in [9.17, 15) is 9.59 Å². The zero-order chi connectivity index (χ0) is 19.2. The number of amides is 1. The van der Waals surface area contributed by atoms with Crippen LogP contribution in [0, 0.1) is 13.8 Å². The highest BCUT2D eigenvalue weighted by Crippen LogP contribution is 2.18. The van der Waals surface area contributed by atoms with Gasteiger partial charge in [0.25, 0.3) is 0 Å². The van der Waals surface area contributed by atoms with E-state index >= 15 is 0 Å². The number of methoxy groups -OCH3 is 1. The van der Waals surface area contributed by atoms with Gasteiger partial charge in [0.05, 0.1) is 7.11 Å². The molecule has 0 radical (unpaired) electrons. The second-order valence-corrected chi connectivity index (χ2v) is 5.17. The Bertz CT molecular complexity index is 666. The van der Waals surface area contributed by atoms with Crippen molar-refractivity contribution in [2.45, 2.75) is 41.0 Å². The fourth-order valence-electron chi connectivity index (χ4n) is 1.99. The van der Waals surface area contributed by atoms with Gasteiger partial charge < -0.3 is 14.8 Å². The predicted octanol–water partition coefficient (Wildman–Crippen LogP) is 4.72. The van der Waals surface area contributed by atoms with Crippen molar-refractivity contribution >= 4 is 17.9 Å². The molecule has 2 aromatic carbocycles. The molecular weight excluding hydrogens is 314 g/mol. The molecule has 0 fully saturated rings. The summed E-state index contributed by atoms with van der Waals surface area (Å²) in [5.41, 5.74) is 4.06. The number of aldehydes is 1. The highest BCUT2D eigenvalue weighted by molar-refractivity contribution is 5.89. The van der Waals surface area contributed by atoms with Gasteiger partial charge >= 0.3 is 0 Å². The molecule has 0 atom stereocenters. The van der Waals surface area contributed by atoms with E-state index in [1.807, 2.05) is 70.2 Å². The van der Waals surface area contributed by atoms with Crippen molar-refractivity contribution in [2.24, 2.45) is 0 Å². The van der Waals surface area contributed by atoms with Crippen molar-refractivity contribution in [2.75, 3.05) is 12.4 Å². The first kappa shape index (κ1) is 22.4. The first-order valence-electron chi connectivity index (χ1n) is 8.38. The highest BCUT2D eigenvalue weighted by Gasteiger charge is 1.99. The van der Waals surface area contributed by atoms with Crippen molar-refractivity contribution in [3.63, 3.8) is 0 Å². The Morgan fingerprint density at radius 2 is 1.72 bits per heavy atom. The largest absolute Gasteiger partial charge is 0.496 e. The SMILES string of the molecule is CC.CC(=O)Nc1ccccc1C.COc1cc(CC=O)ccc1C. The topological polar surface area (TPSA) is 55.4 Å². The second-order valence-electron chi connectivity index (χ2n) is 5.17. The van der Waals surface area contributed by atoms with Crippen LogP contribution in [-0.4, -0.2) is 19.3 Å². The average molecular weight is 343 g/mol. The molecule has 0 bridgehead atoms. The summed E-state index contributed by atoms with van der Waals surface area (Å²) in [6.07, 6.45) is 1.35. The van der Waals surface area contributed by atoms with Crippen LogP contribution in [0.5, 0.6) is 5.75 Å². The number of nitrogens with one attached hydrogen (secondary N) is 1. The number of anilines is 1. The summed E-state index contributed by atoms with van der Waals surface area (Å²) in [6, 6.07) is 13.5. The fourth-order valence-corrected chi connectivity index (χ4v) is 1.99. The molecular formula is C21H29NO3. The number of carbonyl (C=O) groups excluding carboxylic acids is 2. The number of ether oxygens (including phenoxy) is 1. The smallest absolute Gasteiger partial charge is 0.221 e. The summed E-state index contributed by atoms with van der Waals surface area (Å²) in [5, 5.41) is 2.73. The molecule has 1 amide bonds. The van der Waals surface area contributed by atoms with E-state index in [1.165, 1.54) is 6.92 Å². The van der Waals surface area contributed by atoms with Crippen molar-refractivity contribution in [1.82, 2.24) is 0 Å². The molecule has 0 aliphatic carbocycles. The Morgan fingerprint density at radius 1 is 1.08 bits per heavy atom. The van der Waals surface area contributed by atoms with E-state index < -0.39 is 0 Å². The van der Waals surface area contributed by atoms with Gasteiger partial charge in [0.2, 0.25) is 5.91 Å². The third-order valence-electron chi connectivity index (χ3n) is 3.25. The molecule has 0 aliphatic heterocycles. The Kier molecular flexibility index (Phi) is 11.4. The number of carbonyl (C=O) groups is 2. The molecule has 25 heavy (non-hydrogen) atoms. The molecule has 0 spiro atoms. The van der Waals surface area contributed by atoms with Gasteiger partial charge in [-0.3, -0.25) is 4.79 Å². The molecule has 0 unspecified atom stereocenters. The van der Waals surface area contributed by atoms with Gasteiger partial charge in [-0.2, -0.15) is 0 Å². The van der Waals surface area contributed by atoms with Gasteiger partial charge in [-0.25, -0.2) is 0 Å². The molecule has 136 valence electrons. The quantitative estimate of drug-likeness (QED) is 0.817. The molecule has 1 N–H and O–H groups in total. The third kappa shape index (κ3) is 8.70. The lowest BCUT2D eigenvalue weighted by Gasteiger charge is -2.05. The number of aryl methyl sites for hydroxylation is 2. The van der Waals surface area contributed by atoms with Gasteiger partial charge in [-0.05, 0) is 42.7 Å². The second kappa shape index (κ2) is 12.8. The predicted molar refractivity (Wildman–Crippen MR) is 104 cm³/mol. The molecule has 0 saturated heterocycles. The van der Waals surface area contributed by atoms with Crippen LogP contribution >= 0.6 is 0 Å². The van der Waals surface area contributed by atoms with Crippen LogP contribution in [0.2, 0.25) is 0 Å². The monoisotopic (exact) mass is 343 g/mol. The molecule has 4 heteroatoms. The molecule has 0 heterocycles. The Balaban J connectivity index is 0.000000421. The van der Waals surface area contributed by atoms with Crippen molar-refractivity contribution in [3.8, 4) is 5.75 Å². The number of hydrogen-bond acceptors (Lipinski definition) is 3. The Hall–Kier alpha value is -2.62. The molecule has 0 saturated carbocycles.